The first-order valence-corrected chi connectivity index (χ1v) is 5.72. The standard InChI is InChI=1S/C13H16FN3O2/c1-17-11(15)6-10(16-17)9-5-4-8(7-18-2)12(14)13(9)19-3/h4-6H,7,15H2,1-3H3. The number of methoxy groups -OCH3 is 2. The van der Waals surface area contributed by atoms with Crippen molar-refractivity contribution in [1.82, 2.24) is 9.78 Å². The third-order valence-corrected chi connectivity index (χ3v) is 2.87. The van der Waals surface area contributed by atoms with Crippen LogP contribution < -0.4 is 10.5 Å². The largest absolute Gasteiger partial charge is 0.493 e. The minimum atomic E-state index is -0.439. The lowest BCUT2D eigenvalue weighted by atomic mass is 10.1. The maximum Gasteiger partial charge on any atom is 0.171 e. The molecule has 0 aliphatic rings. The number of aryl methyl sites for hydroxylation is 1. The lowest BCUT2D eigenvalue weighted by molar-refractivity contribution is 0.180. The number of benzene rings is 1. The zero-order valence-corrected chi connectivity index (χ0v) is 11.1. The van der Waals surface area contributed by atoms with Crippen molar-refractivity contribution in [3.8, 4) is 17.0 Å². The van der Waals surface area contributed by atoms with E-state index in [-0.39, 0.29) is 12.4 Å². The van der Waals surface area contributed by atoms with Crippen LogP contribution in [0.5, 0.6) is 5.75 Å². The van der Waals surface area contributed by atoms with Gasteiger partial charge in [-0.3, -0.25) is 4.68 Å². The van der Waals surface area contributed by atoms with E-state index in [0.717, 1.165) is 0 Å². The van der Waals surface area contributed by atoms with Crippen molar-refractivity contribution >= 4 is 5.82 Å². The average Bonchev–Trinajstić information content (AvgIpc) is 2.72. The van der Waals surface area contributed by atoms with Gasteiger partial charge in [0.1, 0.15) is 5.82 Å². The molecule has 0 saturated heterocycles. The van der Waals surface area contributed by atoms with E-state index in [1.54, 1.807) is 25.2 Å². The van der Waals surface area contributed by atoms with E-state index >= 15 is 0 Å². The van der Waals surface area contributed by atoms with Crippen molar-refractivity contribution in [2.75, 3.05) is 20.0 Å². The van der Waals surface area contributed by atoms with Crippen LogP contribution in [0.15, 0.2) is 18.2 Å². The van der Waals surface area contributed by atoms with Gasteiger partial charge in [-0.15, -0.1) is 0 Å². The highest BCUT2D eigenvalue weighted by Crippen LogP contribution is 2.34. The Morgan fingerprint density at radius 1 is 1.37 bits per heavy atom. The summed E-state index contributed by atoms with van der Waals surface area (Å²) in [6.45, 7) is 0.187. The number of nitrogens with two attached hydrogens (primary N) is 1. The molecule has 0 saturated carbocycles. The molecule has 0 aliphatic heterocycles. The lowest BCUT2D eigenvalue weighted by Gasteiger charge is -2.11. The molecule has 0 aliphatic carbocycles. The summed E-state index contributed by atoms with van der Waals surface area (Å²) in [6, 6.07) is 5.08. The van der Waals surface area contributed by atoms with Crippen LogP contribution in [0.4, 0.5) is 10.2 Å². The van der Waals surface area contributed by atoms with Gasteiger partial charge in [-0.05, 0) is 6.07 Å². The van der Waals surface area contributed by atoms with Crippen LogP contribution in [0.1, 0.15) is 5.56 Å². The highest BCUT2D eigenvalue weighted by molar-refractivity contribution is 5.70. The number of halogens is 1. The molecule has 19 heavy (non-hydrogen) atoms. The first-order valence-electron chi connectivity index (χ1n) is 5.72. The molecule has 2 N–H and O–H groups in total. The maximum absolute atomic E-state index is 14.2. The molecular formula is C13H16FN3O2. The SMILES string of the molecule is COCc1ccc(-c2cc(N)n(C)n2)c(OC)c1F. The molecule has 0 unspecified atom stereocenters. The highest BCUT2D eigenvalue weighted by Gasteiger charge is 2.17. The van der Waals surface area contributed by atoms with Gasteiger partial charge >= 0.3 is 0 Å². The number of ether oxygens (including phenoxy) is 2. The molecule has 102 valence electrons. The summed E-state index contributed by atoms with van der Waals surface area (Å²) in [5.41, 5.74) is 7.30. The molecule has 2 rings (SSSR count). The van der Waals surface area contributed by atoms with Crippen molar-refractivity contribution < 1.29 is 13.9 Å². The number of anilines is 1. The van der Waals surface area contributed by atoms with E-state index in [0.29, 0.717) is 22.6 Å². The molecule has 0 radical (unpaired) electrons. The fourth-order valence-electron chi connectivity index (χ4n) is 1.88. The summed E-state index contributed by atoms with van der Waals surface area (Å²) in [5, 5.41) is 4.22. The Bertz CT molecular complexity index is 576. The Hall–Kier alpha value is -2.08. The lowest BCUT2D eigenvalue weighted by Crippen LogP contribution is -1.99. The van der Waals surface area contributed by atoms with Crippen LogP contribution in [0.2, 0.25) is 0 Å². The number of nitrogen functional groups attached to an aromatic ring is 1. The molecule has 2 aromatic rings. The normalized spacial score (nSPS) is 10.7. The number of nitrogens with zero attached hydrogens (tertiary/aromatic N) is 2. The van der Waals surface area contributed by atoms with Crippen LogP contribution >= 0.6 is 0 Å². The second-order valence-corrected chi connectivity index (χ2v) is 4.13. The van der Waals surface area contributed by atoms with Crippen LogP contribution in [-0.2, 0) is 18.4 Å². The smallest absolute Gasteiger partial charge is 0.171 e. The molecular weight excluding hydrogens is 249 g/mol. The molecule has 0 bridgehead atoms. The average molecular weight is 265 g/mol. The van der Waals surface area contributed by atoms with Crippen molar-refractivity contribution in [1.29, 1.82) is 0 Å². The fourth-order valence-corrected chi connectivity index (χ4v) is 1.88. The third-order valence-electron chi connectivity index (χ3n) is 2.87. The van der Waals surface area contributed by atoms with Gasteiger partial charge in [-0.25, -0.2) is 4.39 Å². The zero-order chi connectivity index (χ0) is 14.0. The van der Waals surface area contributed by atoms with Gasteiger partial charge in [0.15, 0.2) is 11.6 Å². The number of hydrogen-bond acceptors (Lipinski definition) is 4. The molecule has 0 amide bonds. The van der Waals surface area contributed by atoms with E-state index in [2.05, 4.69) is 5.10 Å². The minimum absolute atomic E-state index is 0.146. The van der Waals surface area contributed by atoms with Crippen LogP contribution in [0.25, 0.3) is 11.3 Å². The van der Waals surface area contributed by atoms with Gasteiger partial charge in [0, 0.05) is 31.4 Å². The molecule has 0 fully saturated rings. The third kappa shape index (κ3) is 2.39. The molecule has 1 heterocycles. The van der Waals surface area contributed by atoms with Gasteiger partial charge in [-0.1, -0.05) is 6.07 Å². The molecule has 1 aromatic heterocycles. The summed E-state index contributed by atoms with van der Waals surface area (Å²) < 4.78 is 25.9. The van der Waals surface area contributed by atoms with Crippen molar-refractivity contribution in [2.45, 2.75) is 6.61 Å². The van der Waals surface area contributed by atoms with Gasteiger partial charge in [-0.2, -0.15) is 5.10 Å². The summed E-state index contributed by atoms with van der Waals surface area (Å²) in [7, 11) is 4.66. The minimum Gasteiger partial charge on any atom is -0.493 e. The summed E-state index contributed by atoms with van der Waals surface area (Å²) in [6.07, 6.45) is 0. The predicted molar refractivity (Wildman–Crippen MR) is 70.3 cm³/mol. The Morgan fingerprint density at radius 2 is 2.11 bits per heavy atom. The molecule has 6 heteroatoms. The Kier molecular flexibility index (Phi) is 3.71. The Labute approximate surface area is 110 Å². The van der Waals surface area contributed by atoms with E-state index in [4.69, 9.17) is 15.2 Å². The van der Waals surface area contributed by atoms with Gasteiger partial charge < -0.3 is 15.2 Å². The van der Waals surface area contributed by atoms with Crippen LogP contribution in [0.3, 0.4) is 0 Å². The summed E-state index contributed by atoms with van der Waals surface area (Å²) >= 11 is 0. The van der Waals surface area contributed by atoms with E-state index in [1.165, 1.54) is 18.9 Å². The summed E-state index contributed by atoms with van der Waals surface area (Å²) in [4.78, 5) is 0. The monoisotopic (exact) mass is 265 g/mol. The fraction of sp³-hybridized carbons (Fsp3) is 0.308. The van der Waals surface area contributed by atoms with Crippen molar-refractivity contribution in [3.05, 3.63) is 29.6 Å². The molecule has 1 aromatic carbocycles. The first-order chi connectivity index (χ1) is 9.08. The zero-order valence-electron chi connectivity index (χ0n) is 11.1. The van der Waals surface area contributed by atoms with Crippen molar-refractivity contribution in [3.63, 3.8) is 0 Å². The topological polar surface area (TPSA) is 62.3 Å². The molecule has 5 nitrogen and oxygen atoms in total. The van der Waals surface area contributed by atoms with Crippen molar-refractivity contribution in [2.24, 2.45) is 7.05 Å². The van der Waals surface area contributed by atoms with E-state index in [9.17, 15) is 4.39 Å². The quantitative estimate of drug-likeness (QED) is 0.918. The van der Waals surface area contributed by atoms with Gasteiger partial charge in [0.05, 0.1) is 19.4 Å². The number of rotatable bonds is 4. The molecule has 0 spiro atoms. The van der Waals surface area contributed by atoms with Gasteiger partial charge in [0.2, 0.25) is 0 Å². The maximum atomic E-state index is 14.2. The second kappa shape index (κ2) is 5.27. The predicted octanol–water partition coefficient (Wildman–Crippen LogP) is 1.96. The first kappa shape index (κ1) is 13.4. The van der Waals surface area contributed by atoms with E-state index in [1.807, 2.05) is 0 Å². The second-order valence-electron chi connectivity index (χ2n) is 4.13. The van der Waals surface area contributed by atoms with Crippen LogP contribution in [-0.4, -0.2) is 24.0 Å². The van der Waals surface area contributed by atoms with Gasteiger partial charge in [0.25, 0.3) is 0 Å². The van der Waals surface area contributed by atoms with Crippen LogP contribution in [0, 0.1) is 5.82 Å². The Balaban J connectivity index is 2.54. The van der Waals surface area contributed by atoms with E-state index < -0.39 is 5.82 Å². The molecule has 0 atom stereocenters. The highest BCUT2D eigenvalue weighted by atomic mass is 19.1. The number of hydrogen-bond donors (Lipinski definition) is 1. The Morgan fingerprint density at radius 3 is 2.63 bits per heavy atom. The number of aromatic nitrogens is 2. The summed E-state index contributed by atoms with van der Waals surface area (Å²) in [5.74, 6) is 0.206.